The van der Waals surface area contributed by atoms with E-state index in [1.54, 1.807) is 0 Å². The lowest BCUT2D eigenvalue weighted by molar-refractivity contribution is 0.151. The average molecular weight is 223 g/mol. The van der Waals surface area contributed by atoms with Crippen molar-refractivity contribution in [2.45, 2.75) is 43.8 Å². The molecule has 1 saturated heterocycles. The van der Waals surface area contributed by atoms with Crippen LogP contribution in [0.1, 0.15) is 43.6 Å². The Balaban J connectivity index is 1.84. The number of hydrogen-bond acceptors (Lipinski definition) is 5. The summed E-state index contributed by atoms with van der Waals surface area (Å²) in [6.07, 6.45) is 4.44. The number of nitrogens with zero attached hydrogens (tertiary/aromatic N) is 5. The molecule has 0 radical (unpaired) electrons. The van der Waals surface area contributed by atoms with Gasteiger partial charge < -0.3 is 5.11 Å². The fourth-order valence-corrected chi connectivity index (χ4v) is 2.54. The first-order valence-electron chi connectivity index (χ1n) is 5.92. The van der Waals surface area contributed by atoms with E-state index >= 15 is 0 Å². The molecule has 1 aliphatic heterocycles. The van der Waals surface area contributed by atoms with Crippen molar-refractivity contribution < 1.29 is 5.11 Å². The molecular weight excluding hydrogens is 206 g/mol. The van der Waals surface area contributed by atoms with E-state index in [9.17, 15) is 5.11 Å². The van der Waals surface area contributed by atoms with Crippen LogP contribution in [-0.4, -0.2) is 49.9 Å². The fourth-order valence-electron chi connectivity index (χ4n) is 2.54. The number of aromatic nitrogens is 4. The number of likely N-dealkylation sites (tertiary alicyclic amines) is 1. The molecule has 2 atom stereocenters. The molecule has 0 bridgehead atoms. The predicted molar refractivity (Wildman–Crippen MR) is 56.7 cm³/mol. The SMILES string of the molecule is CN1[C@H](CO)CC[C@@H]1c1nnnn1C1CC1. The highest BCUT2D eigenvalue weighted by Crippen LogP contribution is 2.39. The molecule has 1 aliphatic carbocycles. The van der Waals surface area contributed by atoms with Gasteiger partial charge in [0.15, 0.2) is 5.82 Å². The number of rotatable bonds is 3. The van der Waals surface area contributed by atoms with Gasteiger partial charge in [0.25, 0.3) is 0 Å². The van der Waals surface area contributed by atoms with Crippen LogP contribution in [0.3, 0.4) is 0 Å². The van der Waals surface area contributed by atoms with Gasteiger partial charge in [0.2, 0.25) is 0 Å². The van der Waals surface area contributed by atoms with Gasteiger partial charge in [-0.2, -0.15) is 0 Å². The normalized spacial score (nSPS) is 31.1. The molecule has 0 amide bonds. The van der Waals surface area contributed by atoms with Gasteiger partial charge in [-0.3, -0.25) is 4.90 Å². The second kappa shape index (κ2) is 3.78. The molecule has 6 heteroatoms. The van der Waals surface area contributed by atoms with E-state index in [1.165, 1.54) is 12.8 Å². The molecule has 3 rings (SSSR count). The van der Waals surface area contributed by atoms with E-state index < -0.39 is 0 Å². The Hall–Kier alpha value is -1.01. The van der Waals surface area contributed by atoms with Crippen LogP contribution in [0.4, 0.5) is 0 Å². The van der Waals surface area contributed by atoms with Gasteiger partial charge in [-0.05, 0) is 43.2 Å². The van der Waals surface area contributed by atoms with Gasteiger partial charge in [-0.25, -0.2) is 4.68 Å². The molecule has 1 aromatic heterocycles. The van der Waals surface area contributed by atoms with E-state index in [-0.39, 0.29) is 18.7 Å². The third-order valence-corrected chi connectivity index (χ3v) is 3.76. The van der Waals surface area contributed by atoms with Gasteiger partial charge in [0.1, 0.15) is 0 Å². The lowest BCUT2D eigenvalue weighted by Gasteiger charge is -2.23. The highest BCUT2D eigenvalue weighted by Gasteiger charge is 2.37. The van der Waals surface area contributed by atoms with E-state index in [1.807, 2.05) is 11.7 Å². The van der Waals surface area contributed by atoms with Crippen LogP contribution in [0.5, 0.6) is 0 Å². The Morgan fingerprint density at radius 2 is 2.12 bits per heavy atom. The lowest BCUT2D eigenvalue weighted by Crippen LogP contribution is -2.31. The molecule has 2 heterocycles. The minimum absolute atomic E-state index is 0.220. The van der Waals surface area contributed by atoms with Crippen LogP contribution in [0.2, 0.25) is 0 Å². The summed E-state index contributed by atoms with van der Waals surface area (Å²) in [5.41, 5.74) is 0. The average Bonchev–Trinajstić information content (AvgIpc) is 2.91. The quantitative estimate of drug-likeness (QED) is 0.789. The number of likely N-dealkylation sites (N-methyl/N-ethyl adjacent to an activating group) is 1. The second-order valence-electron chi connectivity index (χ2n) is 4.81. The summed E-state index contributed by atoms with van der Waals surface area (Å²) in [6, 6.07) is 1.05. The summed E-state index contributed by atoms with van der Waals surface area (Å²) in [5.74, 6) is 0.973. The standard InChI is InChI=1S/C10H17N5O/c1-14-8(6-16)4-5-9(14)10-11-12-13-15(10)7-2-3-7/h7-9,16H,2-6H2,1H3/t8-,9+/m0/s1. The van der Waals surface area contributed by atoms with Gasteiger partial charge in [0, 0.05) is 6.04 Å². The molecule has 2 aliphatic rings. The van der Waals surface area contributed by atoms with Gasteiger partial charge >= 0.3 is 0 Å². The zero-order valence-corrected chi connectivity index (χ0v) is 9.45. The topological polar surface area (TPSA) is 67.1 Å². The Morgan fingerprint density at radius 3 is 2.75 bits per heavy atom. The van der Waals surface area contributed by atoms with Crippen LogP contribution in [0.25, 0.3) is 0 Å². The zero-order chi connectivity index (χ0) is 11.1. The van der Waals surface area contributed by atoms with Crippen LogP contribution in [0, 0.1) is 0 Å². The molecule has 1 N–H and O–H groups in total. The van der Waals surface area contributed by atoms with E-state index in [0.717, 1.165) is 18.7 Å². The summed E-state index contributed by atoms with van der Waals surface area (Å²) in [5, 5.41) is 21.3. The summed E-state index contributed by atoms with van der Waals surface area (Å²) < 4.78 is 1.97. The molecule has 16 heavy (non-hydrogen) atoms. The lowest BCUT2D eigenvalue weighted by atomic mass is 10.2. The zero-order valence-electron chi connectivity index (χ0n) is 9.45. The third-order valence-electron chi connectivity index (χ3n) is 3.76. The van der Waals surface area contributed by atoms with Gasteiger partial charge in [-0.1, -0.05) is 0 Å². The van der Waals surface area contributed by atoms with E-state index in [4.69, 9.17) is 0 Å². The van der Waals surface area contributed by atoms with Crippen molar-refractivity contribution in [1.29, 1.82) is 0 Å². The van der Waals surface area contributed by atoms with Crippen molar-refractivity contribution in [2.24, 2.45) is 0 Å². The van der Waals surface area contributed by atoms with Crippen molar-refractivity contribution in [2.75, 3.05) is 13.7 Å². The summed E-state index contributed by atoms with van der Waals surface area (Å²) in [4.78, 5) is 2.20. The minimum Gasteiger partial charge on any atom is -0.395 e. The molecule has 1 aromatic rings. The molecule has 0 unspecified atom stereocenters. The molecule has 2 fully saturated rings. The summed E-state index contributed by atoms with van der Waals surface area (Å²) in [6.45, 7) is 0.220. The maximum Gasteiger partial charge on any atom is 0.168 e. The first kappa shape index (κ1) is 10.2. The van der Waals surface area contributed by atoms with Crippen molar-refractivity contribution in [1.82, 2.24) is 25.1 Å². The van der Waals surface area contributed by atoms with Crippen LogP contribution < -0.4 is 0 Å². The van der Waals surface area contributed by atoms with Crippen molar-refractivity contribution in [3.63, 3.8) is 0 Å². The third kappa shape index (κ3) is 1.53. The molecule has 1 saturated carbocycles. The first-order chi connectivity index (χ1) is 7.81. The number of aliphatic hydroxyl groups is 1. The van der Waals surface area contributed by atoms with Crippen molar-refractivity contribution in [3.05, 3.63) is 5.82 Å². The number of tetrazole rings is 1. The summed E-state index contributed by atoms with van der Waals surface area (Å²) in [7, 11) is 2.05. The van der Waals surface area contributed by atoms with Crippen molar-refractivity contribution >= 4 is 0 Å². The smallest absolute Gasteiger partial charge is 0.168 e. The second-order valence-corrected chi connectivity index (χ2v) is 4.81. The highest BCUT2D eigenvalue weighted by molar-refractivity contribution is 5.01. The maximum atomic E-state index is 9.24. The van der Waals surface area contributed by atoms with Crippen LogP contribution in [-0.2, 0) is 0 Å². The van der Waals surface area contributed by atoms with Crippen molar-refractivity contribution in [3.8, 4) is 0 Å². The molecular formula is C10H17N5O. The highest BCUT2D eigenvalue weighted by atomic mass is 16.3. The van der Waals surface area contributed by atoms with Gasteiger partial charge in [0.05, 0.1) is 18.7 Å². The first-order valence-corrected chi connectivity index (χ1v) is 5.92. The molecule has 6 nitrogen and oxygen atoms in total. The fraction of sp³-hybridized carbons (Fsp3) is 0.900. The van der Waals surface area contributed by atoms with E-state index in [2.05, 4.69) is 20.4 Å². The molecule has 0 spiro atoms. The Kier molecular flexibility index (Phi) is 2.40. The predicted octanol–water partition coefficient (Wildman–Crippen LogP) is 0.136. The van der Waals surface area contributed by atoms with Crippen LogP contribution in [0.15, 0.2) is 0 Å². The molecule has 0 aromatic carbocycles. The number of hydrogen-bond donors (Lipinski definition) is 1. The van der Waals surface area contributed by atoms with Gasteiger partial charge in [-0.15, -0.1) is 5.10 Å². The maximum absolute atomic E-state index is 9.24. The summed E-state index contributed by atoms with van der Waals surface area (Å²) >= 11 is 0. The monoisotopic (exact) mass is 223 g/mol. The van der Waals surface area contributed by atoms with Crippen LogP contribution >= 0.6 is 0 Å². The Bertz CT molecular complexity index is 375. The molecule has 88 valence electrons. The Labute approximate surface area is 94.2 Å². The van der Waals surface area contributed by atoms with E-state index in [0.29, 0.717) is 6.04 Å². The largest absolute Gasteiger partial charge is 0.395 e. The minimum atomic E-state index is 0.220. The number of aliphatic hydroxyl groups excluding tert-OH is 1. The Morgan fingerprint density at radius 1 is 1.31 bits per heavy atom.